The summed E-state index contributed by atoms with van der Waals surface area (Å²) in [7, 11) is 0. The maximum Gasteiger partial charge on any atom is 0.225 e. The van der Waals surface area contributed by atoms with Gasteiger partial charge in [-0.15, -0.1) is 24.8 Å². The predicted octanol–water partition coefficient (Wildman–Crippen LogP) is 2.52. The second-order valence-corrected chi connectivity index (χ2v) is 7.37. The van der Waals surface area contributed by atoms with Crippen LogP contribution in [0.25, 0.3) is 0 Å². The van der Waals surface area contributed by atoms with Crippen LogP contribution in [0.5, 0.6) is 0 Å². The van der Waals surface area contributed by atoms with Crippen LogP contribution < -0.4 is 16.0 Å². The van der Waals surface area contributed by atoms with Gasteiger partial charge in [-0.25, -0.2) is 4.98 Å². The highest BCUT2D eigenvalue weighted by Crippen LogP contribution is 2.47. The van der Waals surface area contributed by atoms with Gasteiger partial charge in [0.2, 0.25) is 5.91 Å². The quantitative estimate of drug-likeness (QED) is 0.833. The molecule has 4 atom stereocenters. The van der Waals surface area contributed by atoms with Crippen LogP contribution >= 0.6 is 24.8 Å². The Hall–Kier alpha value is -1.04. The molecule has 2 bridgehead atoms. The van der Waals surface area contributed by atoms with E-state index in [2.05, 4.69) is 27.3 Å². The van der Waals surface area contributed by atoms with Crippen LogP contribution in [0, 0.1) is 17.8 Å². The molecule has 1 saturated heterocycles. The van der Waals surface area contributed by atoms with Crippen LogP contribution in [0.15, 0.2) is 18.3 Å². The molecule has 7 heteroatoms. The fourth-order valence-corrected chi connectivity index (χ4v) is 4.69. The third-order valence-corrected chi connectivity index (χ3v) is 5.99. The van der Waals surface area contributed by atoms with Crippen LogP contribution in [0.1, 0.15) is 37.7 Å². The number of carbonyl (C=O) groups is 1. The fraction of sp³-hybridized carbons (Fsp3) is 0.667. The zero-order valence-electron chi connectivity index (χ0n) is 14.4. The Balaban J connectivity index is 0.00000113. The lowest BCUT2D eigenvalue weighted by atomic mass is 9.84. The van der Waals surface area contributed by atoms with Crippen molar-refractivity contribution in [2.75, 3.05) is 18.0 Å². The summed E-state index contributed by atoms with van der Waals surface area (Å²) in [5, 5.41) is 3.07. The molecule has 3 N–H and O–H groups in total. The van der Waals surface area contributed by atoms with Gasteiger partial charge in [-0.05, 0) is 55.6 Å². The van der Waals surface area contributed by atoms with E-state index >= 15 is 0 Å². The summed E-state index contributed by atoms with van der Waals surface area (Å²) >= 11 is 0. The van der Waals surface area contributed by atoms with Gasteiger partial charge < -0.3 is 16.0 Å². The van der Waals surface area contributed by atoms with E-state index in [-0.39, 0.29) is 42.7 Å². The van der Waals surface area contributed by atoms with Crippen LogP contribution in [-0.4, -0.2) is 30.0 Å². The number of pyridine rings is 1. The summed E-state index contributed by atoms with van der Waals surface area (Å²) in [5.41, 5.74) is 7.30. The van der Waals surface area contributed by atoms with Crippen LogP contribution in [0.2, 0.25) is 0 Å². The van der Waals surface area contributed by atoms with Gasteiger partial charge in [0.1, 0.15) is 5.82 Å². The van der Waals surface area contributed by atoms with Gasteiger partial charge in [-0.1, -0.05) is 6.07 Å². The second kappa shape index (κ2) is 8.56. The van der Waals surface area contributed by atoms with E-state index in [1.54, 1.807) is 0 Å². The number of carbonyl (C=O) groups excluding carboxylic acids is 1. The highest BCUT2D eigenvalue weighted by atomic mass is 35.5. The van der Waals surface area contributed by atoms with E-state index in [1.807, 2.05) is 6.20 Å². The van der Waals surface area contributed by atoms with Gasteiger partial charge in [0.05, 0.1) is 5.92 Å². The number of hydrogen-bond acceptors (Lipinski definition) is 4. The summed E-state index contributed by atoms with van der Waals surface area (Å²) in [6.45, 7) is 2.75. The third-order valence-electron chi connectivity index (χ3n) is 5.99. The lowest BCUT2D eigenvalue weighted by molar-refractivity contribution is -0.127. The largest absolute Gasteiger partial charge is 0.357 e. The van der Waals surface area contributed by atoms with Crippen molar-refractivity contribution >= 4 is 36.5 Å². The topological polar surface area (TPSA) is 71.2 Å². The molecule has 0 radical (unpaired) electrons. The first-order valence-electron chi connectivity index (χ1n) is 8.95. The minimum atomic E-state index is 0. The maximum atomic E-state index is 12.5. The Morgan fingerprint density at radius 3 is 2.52 bits per heavy atom. The first-order chi connectivity index (χ1) is 11.2. The van der Waals surface area contributed by atoms with Crippen molar-refractivity contribution in [3.63, 3.8) is 0 Å². The molecule has 3 aliphatic rings. The number of anilines is 1. The monoisotopic (exact) mass is 386 g/mol. The Kier molecular flexibility index (Phi) is 6.94. The lowest BCUT2D eigenvalue weighted by Crippen LogP contribution is -2.45. The summed E-state index contributed by atoms with van der Waals surface area (Å²) < 4.78 is 0. The van der Waals surface area contributed by atoms with Crippen LogP contribution in [0.4, 0.5) is 5.82 Å². The lowest BCUT2D eigenvalue weighted by Gasteiger charge is -2.27. The minimum absolute atomic E-state index is 0. The number of hydrogen-bond donors (Lipinski definition) is 2. The van der Waals surface area contributed by atoms with Crippen molar-refractivity contribution in [1.82, 2.24) is 10.3 Å². The number of amides is 1. The van der Waals surface area contributed by atoms with Gasteiger partial charge in [0.15, 0.2) is 0 Å². The number of fused-ring (bicyclic) bond motifs is 2. The fourth-order valence-electron chi connectivity index (χ4n) is 4.69. The Labute approximate surface area is 161 Å². The van der Waals surface area contributed by atoms with Crippen LogP contribution in [0.3, 0.4) is 0 Å². The minimum Gasteiger partial charge on any atom is -0.357 e. The van der Waals surface area contributed by atoms with Gasteiger partial charge >= 0.3 is 0 Å². The highest BCUT2D eigenvalue weighted by molar-refractivity contribution is 5.85. The molecule has 25 heavy (non-hydrogen) atoms. The average Bonchev–Trinajstić information content (AvgIpc) is 3.30. The van der Waals surface area contributed by atoms with E-state index in [1.165, 1.54) is 25.7 Å². The summed E-state index contributed by atoms with van der Waals surface area (Å²) in [6, 6.07) is 4.20. The van der Waals surface area contributed by atoms with E-state index < -0.39 is 0 Å². The van der Waals surface area contributed by atoms with Crippen molar-refractivity contribution in [3.05, 3.63) is 23.9 Å². The molecular formula is C18H28Cl2N4O. The third kappa shape index (κ3) is 4.04. The first kappa shape index (κ1) is 20.3. The van der Waals surface area contributed by atoms with Crippen LogP contribution in [-0.2, 0) is 11.3 Å². The molecule has 140 valence electrons. The molecule has 1 aliphatic heterocycles. The van der Waals surface area contributed by atoms with Gasteiger partial charge in [0.25, 0.3) is 0 Å². The normalized spacial score (nSPS) is 29.9. The van der Waals surface area contributed by atoms with Gasteiger partial charge in [-0.2, -0.15) is 0 Å². The molecule has 5 nitrogen and oxygen atoms in total. The number of rotatable bonds is 4. The van der Waals surface area contributed by atoms with E-state index in [4.69, 9.17) is 5.73 Å². The van der Waals surface area contributed by atoms with Crippen molar-refractivity contribution in [2.45, 2.75) is 44.7 Å². The molecule has 4 rings (SSSR count). The van der Waals surface area contributed by atoms with Crippen molar-refractivity contribution in [3.8, 4) is 0 Å². The summed E-state index contributed by atoms with van der Waals surface area (Å²) in [5.74, 6) is 2.27. The standard InChI is InChI=1S/C18H26N4O.2ClH/c19-17-14-5-4-13(9-14)16(17)18(23)21-11-12-3-6-15(20-10-12)22-7-1-2-8-22;;/h3,6,10,13-14,16-17H,1-2,4-5,7-9,11,19H2,(H,21,23);2*1H. The molecule has 0 spiro atoms. The molecule has 3 fully saturated rings. The van der Waals surface area contributed by atoms with Crippen molar-refractivity contribution in [2.24, 2.45) is 23.5 Å². The number of nitrogens with one attached hydrogen (secondary N) is 1. The Morgan fingerprint density at radius 2 is 1.92 bits per heavy atom. The van der Waals surface area contributed by atoms with Gasteiger partial charge in [-0.3, -0.25) is 4.79 Å². The van der Waals surface area contributed by atoms with E-state index in [0.717, 1.165) is 30.9 Å². The SMILES string of the molecule is Cl.Cl.NC1C2CCC(C2)C1C(=O)NCc1ccc(N2CCCC2)nc1. The molecule has 2 saturated carbocycles. The molecule has 4 unspecified atom stereocenters. The summed E-state index contributed by atoms with van der Waals surface area (Å²) in [4.78, 5) is 19.3. The highest BCUT2D eigenvalue weighted by Gasteiger charge is 2.48. The zero-order chi connectivity index (χ0) is 15.8. The first-order valence-corrected chi connectivity index (χ1v) is 8.95. The Morgan fingerprint density at radius 1 is 1.20 bits per heavy atom. The molecule has 2 heterocycles. The Bertz CT molecular complexity index is 575. The predicted molar refractivity (Wildman–Crippen MR) is 104 cm³/mol. The number of aromatic nitrogens is 1. The second-order valence-electron chi connectivity index (χ2n) is 7.37. The van der Waals surface area contributed by atoms with E-state index in [0.29, 0.717) is 18.4 Å². The zero-order valence-corrected chi connectivity index (χ0v) is 16.0. The van der Waals surface area contributed by atoms with Gasteiger partial charge in [0, 0.05) is 31.9 Å². The van der Waals surface area contributed by atoms with E-state index in [9.17, 15) is 4.79 Å². The maximum absolute atomic E-state index is 12.5. The smallest absolute Gasteiger partial charge is 0.225 e. The number of nitrogens with zero attached hydrogens (tertiary/aromatic N) is 2. The van der Waals surface area contributed by atoms with Crippen molar-refractivity contribution < 1.29 is 4.79 Å². The number of halogens is 2. The molecule has 0 aromatic carbocycles. The molecule has 2 aliphatic carbocycles. The molecule has 1 amide bonds. The average molecular weight is 387 g/mol. The molecular weight excluding hydrogens is 359 g/mol. The van der Waals surface area contributed by atoms with Crippen molar-refractivity contribution in [1.29, 1.82) is 0 Å². The molecule has 1 aromatic heterocycles. The summed E-state index contributed by atoms with van der Waals surface area (Å²) in [6.07, 6.45) is 7.91. The molecule has 1 aromatic rings. The number of nitrogens with two attached hydrogens (primary N) is 1.